The highest BCUT2D eigenvalue weighted by Gasteiger charge is 2.37. The Bertz CT molecular complexity index is 480. The van der Waals surface area contributed by atoms with Crippen molar-refractivity contribution in [3.05, 3.63) is 11.8 Å². The van der Waals surface area contributed by atoms with Crippen molar-refractivity contribution in [2.24, 2.45) is 0 Å². The molecule has 1 amide bonds. The summed E-state index contributed by atoms with van der Waals surface area (Å²) in [6.45, 7) is 0. The van der Waals surface area contributed by atoms with E-state index in [2.05, 4.69) is 25.9 Å². The third-order valence-electron chi connectivity index (χ3n) is 2.29. The Balaban J connectivity index is 2.59. The lowest BCUT2D eigenvalue weighted by Crippen LogP contribution is -2.43. The maximum absolute atomic E-state index is 11.8. The van der Waals surface area contributed by atoms with Gasteiger partial charge in [0, 0.05) is 13.2 Å². The largest absolute Gasteiger partial charge is 0.298 e. The van der Waals surface area contributed by atoms with E-state index in [1.165, 1.54) is 22.9 Å². The summed E-state index contributed by atoms with van der Waals surface area (Å²) in [6.07, 6.45) is 3.30. The molecule has 1 aliphatic rings. The van der Waals surface area contributed by atoms with E-state index in [9.17, 15) is 9.59 Å². The van der Waals surface area contributed by atoms with Crippen LogP contribution in [0.25, 0.3) is 0 Å². The number of aromatic nitrogens is 2. The molecule has 0 bridgehead atoms. The van der Waals surface area contributed by atoms with Gasteiger partial charge in [-0.2, -0.15) is 0 Å². The molecule has 16 heavy (non-hydrogen) atoms. The SMILES string of the molecule is CSc1ncc2c(n1)N(C)C(=O)C(Br)C2=O. The first-order chi connectivity index (χ1) is 7.56. The zero-order valence-electron chi connectivity index (χ0n) is 8.60. The molecule has 1 aromatic heterocycles. The van der Waals surface area contributed by atoms with E-state index < -0.39 is 4.83 Å². The second-order valence-corrected chi connectivity index (χ2v) is 4.91. The molecule has 2 heterocycles. The molecule has 0 saturated carbocycles. The van der Waals surface area contributed by atoms with Crippen molar-refractivity contribution in [2.45, 2.75) is 9.98 Å². The fourth-order valence-electron chi connectivity index (χ4n) is 1.41. The first kappa shape index (κ1) is 11.5. The first-order valence-electron chi connectivity index (χ1n) is 4.43. The summed E-state index contributed by atoms with van der Waals surface area (Å²) in [5.74, 6) is -0.209. The minimum Gasteiger partial charge on any atom is -0.298 e. The summed E-state index contributed by atoms with van der Waals surface area (Å²) in [5.41, 5.74) is 0.377. The van der Waals surface area contributed by atoms with E-state index in [1.807, 2.05) is 6.26 Å². The molecular formula is C9H8BrN3O2S. The van der Waals surface area contributed by atoms with Crippen LogP contribution in [0.1, 0.15) is 10.4 Å². The number of amides is 1. The Kier molecular flexibility index (Phi) is 2.98. The predicted molar refractivity (Wildman–Crippen MR) is 64.3 cm³/mol. The summed E-state index contributed by atoms with van der Waals surface area (Å²) >= 11 is 4.43. The average molecular weight is 302 g/mol. The molecule has 0 radical (unpaired) electrons. The number of nitrogens with zero attached hydrogens (tertiary/aromatic N) is 3. The molecule has 1 aliphatic heterocycles. The average Bonchev–Trinajstić information content (AvgIpc) is 2.33. The number of Topliss-reactive ketones (excluding diaryl/α,β-unsaturated/α-hetero) is 1. The lowest BCUT2D eigenvalue weighted by Gasteiger charge is -2.26. The van der Waals surface area contributed by atoms with Crippen LogP contribution in [0.4, 0.5) is 5.82 Å². The van der Waals surface area contributed by atoms with E-state index in [4.69, 9.17) is 0 Å². The number of ketones is 1. The van der Waals surface area contributed by atoms with Gasteiger partial charge in [0.1, 0.15) is 0 Å². The Labute approximate surface area is 105 Å². The monoisotopic (exact) mass is 301 g/mol. The van der Waals surface area contributed by atoms with Gasteiger partial charge in [0.15, 0.2) is 21.6 Å². The number of alkyl halides is 1. The van der Waals surface area contributed by atoms with E-state index in [0.717, 1.165) is 0 Å². The number of hydrogen-bond acceptors (Lipinski definition) is 5. The summed E-state index contributed by atoms with van der Waals surface area (Å²) < 4.78 is 0. The Morgan fingerprint density at radius 2 is 2.19 bits per heavy atom. The zero-order chi connectivity index (χ0) is 11.9. The zero-order valence-corrected chi connectivity index (χ0v) is 11.0. The highest BCUT2D eigenvalue weighted by Crippen LogP contribution is 2.28. The molecular weight excluding hydrogens is 294 g/mol. The second kappa shape index (κ2) is 4.14. The quantitative estimate of drug-likeness (QED) is 0.337. The lowest BCUT2D eigenvalue weighted by atomic mass is 10.1. The molecule has 7 heteroatoms. The number of thioether (sulfide) groups is 1. The van der Waals surface area contributed by atoms with Crippen molar-refractivity contribution in [3.63, 3.8) is 0 Å². The maximum Gasteiger partial charge on any atom is 0.249 e. The Morgan fingerprint density at radius 3 is 2.81 bits per heavy atom. The van der Waals surface area contributed by atoms with Gasteiger partial charge in [0.05, 0.1) is 5.56 Å². The van der Waals surface area contributed by atoms with Gasteiger partial charge in [-0.1, -0.05) is 27.7 Å². The molecule has 0 aliphatic carbocycles. The number of rotatable bonds is 1. The fourth-order valence-corrected chi connectivity index (χ4v) is 2.30. The number of carbonyl (C=O) groups is 2. The van der Waals surface area contributed by atoms with E-state index in [0.29, 0.717) is 16.5 Å². The van der Waals surface area contributed by atoms with Gasteiger partial charge in [-0.3, -0.25) is 14.5 Å². The second-order valence-electron chi connectivity index (χ2n) is 3.22. The molecule has 0 saturated heterocycles. The van der Waals surface area contributed by atoms with Crippen molar-refractivity contribution >= 4 is 45.2 Å². The number of anilines is 1. The molecule has 0 fully saturated rings. The van der Waals surface area contributed by atoms with Crippen molar-refractivity contribution in [2.75, 3.05) is 18.2 Å². The van der Waals surface area contributed by atoms with Crippen LogP contribution in [0.3, 0.4) is 0 Å². The minimum absolute atomic E-state index is 0.286. The van der Waals surface area contributed by atoms with Crippen molar-refractivity contribution < 1.29 is 9.59 Å². The number of hydrogen-bond donors (Lipinski definition) is 0. The molecule has 2 rings (SSSR count). The minimum atomic E-state index is -0.825. The molecule has 1 unspecified atom stereocenters. The van der Waals surface area contributed by atoms with Gasteiger partial charge in [-0.25, -0.2) is 9.97 Å². The number of halogens is 1. The van der Waals surface area contributed by atoms with Crippen LogP contribution in [0, 0.1) is 0 Å². The van der Waals surface area contributed by atoms with Crippen LogP contribution < -0.4 is 4.90 Å². The predicted octanol–water partition coefficient (Wildman–Crippen LogP) is 1.12. The van der Waals surface area contributed by atoms with E-state index >= 15 is 0 Å². The number of fused-ring (bicyclic) bond motifs is 1. The van der Waals surface area contributed by atoms with Crippen LogP contribution >= 0.6 is 27.7 Å². The van der Waals surface area contributed by atoms with Gasteiger partial charge in [-0.05, 0) is 6.26 Å². The Hall–Kier alpha value is -0.950. The van der Waals surface area contributed by atoms with E-state index in [-0.39, 0.29) is 11.7 Å². The molecule has 0 aromatic carbocycles. The van der Waals surface area contributed by atoms with Crippen molar-refractivity contribution in [3.8, 4) is 0 Å². The summed E-state index contributed by atoms with van der Waals surface area (Å²) in [7, 11) is 1.60. The van der Waals surface area contributed by atoms with Gasteiger partial charge >= 0.3 is 0 Å². The van der Waals surface area contributed by atoms with Gasteiger partial charge < -0.3 is 0 Å². The maximum atomic E-state index is 11.8. The van der Waals surface area contributed by atoms with E-state index in [1.54, 1.807) is 7.05 Å². The molecule has 1 aromatic rings. The normalized spacial score (nSPS) is 19.9. The Morgan fingerprint density at radius 1 is 1.50 bits per heavy atom. The molecule has 1 atom stereocenters. The fraction of sp³-hybridized carbons (Fsp3) is 0.333. The van der Waals surface area contributed by atoms with Crippen molar-refractivity contribution in [1.29, 1.82) is 0 Å². The third kappa shape index (κ3) is 1.63. The first-order valence-corrected chi connectivity index (χ1v) is 6.57. The van der Waals surface area contributed by atoms with Gasteiger partial charge in [0.25, 0.3) is 0 Å². The van der Waals surface area contributed by atoms with Gasteiger partial charge in [0.2, 0.25) is 5.91 Å². The smallest absolute Gasteiger partial charge is 0.249 e. The van der Waals surface area contributed by atoms with Crippen LogP contribution in [0.2, 0.25) is 0 Å². The number of carbonyl (C=O) groups excluding carboxylic acids is 2. The summed E-state index contributed by atoms with van der Waals surface area (Å²) in [6, 6.07) is 0. The van der Waals surface area contributed by atoms with Crippen LogP contribution in [0.5, 0.6) is 0 Å². The highest BCUT2D eigenvalue weighted by molar-refractivity contribution is 9.10. The topological polar surface area (TPSA) is 63.2 Å². The van der Waals surface area contributed by atoms with Crippen molar-refractivity contribution in [1.82, 2.24) is 9.97 Å². The summed E-state index contributed by atoms with van der Waals surface area (Å²) in [5, 5.41) is 0.541. The standard InChI is InChI=1S/C9H8BrN3O2S/c1-13-7-4(3-11-9(12-7)16-2)6(14)5(10)8(13)15/h3,5H,1-2H3. The highest BCUT2D eigenvalue weighted by atomic mass is 79.9. The summed E-state index contributed by atoms with van der Waals surface area (Å²) in [4.78, 5) is 32.2. The van der Waals surface area contributed by atoms with Crippen LogP contribution in [-0.2, 0) is 4.79 Å². The lowest BCUT2D eigenvalue weighted by molar-refractivity contribution is -0.117. The van der Waals surface area contributed by atoms with Crippen LogP contribution in [-0.4, -0.2) is 39.8 Å². The van der Waals surface area contributed by atoms with Crippen LogP contribution in [0.15, 0.2) is 11.4 Å². The van der Waals surface area contributed by atoms with Gasteiger partial charge in [-0.15, -0.1) is 0 Å². The molecule has 0 N–H and O–H groups in total. The molecule has 84 valence electrons. The molecule has 0 spiro atoms. The third-order valence-corrected chi connectivity index (χ3v) is 3.66. The molecule has 5 nitrogen and oxygen atoms in total.